The Morgan fingerprint density at radius 3 is 2.47 bits per heavy atom. The van der Waals surface area contributed by atoms with Crippen molar-refractivity contribution in [3.05, 3.63) is 85.1 Å². The number of para-hydroxylation sites is 1. The van der Waals surface area contributed by atoms with E-state index < -0.39 is 0 Å². The van der Waals surface area contributed by atoms with E-state index in [4.69, 9.17) is 14.4 Å². The molecule has 1 N–H and O–H groups in total. The Morgan fingerprint density at radius 1 is 0.824 bits per heavy atom. The molecule has 7 rings (SSSR count). The lowest BCUT2D eigenvalue weighted by atomic mass is 10.0. The topological polar surface area (TPSA) is 55.9 Å². The van der Waals surface area contributed by atoms with Gasteiger partial charge in [0, 0.05) is 23.2 Å². The number of benzene rings is 3. The molecular weight excluding hydrogens is 420 g/mol. The van der Waals surface area contributed by atoms with E-state index >= 15 is 0 Å². The first-order valence-corrected chi connectivity index (χ1v) is 11.9. The van der Waals surface area contributed by atoms with Gasteiger partial charge in [0.1, 0.15) is 11.1 Å². The number of pyridine rings is 1. The third-order valence-corrected chi connectivity index (χ3v) is 6.96. The zero-order valence-electron chi connectivity index (χ0n) is 18.7. The van der Waals surface area contributed by atoms with E-state index in [9.17, 15) is 0 Å². The molecule has 0 aliphatic carbocycles. The second-order valence-electron chi connectivity index (χ2n) is 9.03. The number of nitrogens with zero attached hydrogens (tertiary/aromatic N) is 3. The van der Waals surface area contributed by atoms with Gasteiger partial charge in [0.05, 0.1) is 0 Å². The molecule has 1 aliphatic heterocycles. The fraction of sp³-hybridized carbons (Fsp3) is 0.172. The molecule has 0 bridgehead atoms. The second-order valence-corrected chi connectivity index (χ2v) is 9.03. The molecule has 4 heterocycles. The summed E-state index contributed by atoms with van der Waals surface area (Å²) in [6.07, 6.45) is 4.00. The van der Waals surface area contributed by atoms with Gasteiger partial charge in [0.25, 0.3) is 0 Å². The first-order chi connectivity index (χ1) is 16.8. The fourth-order valence-corrected chi connectivity index (χ4v) is 5.26. The van der Waals surface area contributed by atoms with E-state index in [0.717, 1.165) is 70.8 Å². The van der Waals surface area contributed by atoms with Crippen molar-refractivity contribution in [2.75, 3.05) is 13.1 Å². The number of fused-ring (bicyclic) bond motifs is 3. The third kappa shape index (κ3) is 3.12. The van der Waals surface area contributed by atoms with Crippen molar-refractivity contribution in [3.63, 3.8) is 0 Å². The first kappa shape index (κ1) is 19.5. The van der Waals surface area contributed by atoms with Crippen molar-refractivity contribution in [1.82, 2.24) is 19.9 Å². The van der Waals surface area contributed by atoms with Gasteiger partial charge in [-0.05, 0) is 66.5 Å². The van der Waals surface area contributed by atoms with Crippen LogP contribution in [0.15, 0.2) is 89.5 Å². The van der Waals surface area contributed by atoms with Gasteiger partial charge in [0.15, 0.2) is 17.2 Å². The summed E-state index contributed by atoms with van der Waals surface area (Å²) in [6.45, 7) is 1.99. The van der Waals surface area contributed by atoms with E-state index in [-0.39, 0.29) is 0 Å². The number of nitrogens with one attached hydrogen (secondary N) is 1. The third-order valence-electron chi connectivity index (χ3n) is 6.96. The van der Waals surface area contributed by atoms with Gasteiger partial charge < -0.3 is 14.3 Å². The van der Waals surface area contributed by atoms with E-state index in [1.54, 1.807) is 0 Å². The van der Waals surface area contributed by atoms with Crippen LogP contribution in [0, 0.1) is 0 Å². The number of piperidine rings is 1. The van der Waals surface area contributed by atoms with Crippen LogP contribution in [0.2, 0.25) is 0 Å². The summed E-state index contributed by atoms with van der Waals surface area (Å²) in [5, 5.41) is 7.03. The molecule has 0 radical (unpaired) electrons. The average Bonchev–Trinajstić information content (AvgIpc) is 3.50. The van der Waals surface area contributed by atoms with Gasteiger partial charge >= 0.3 is 0 Å². The molecule has 34 heavy (non-hydrogen) atoms. The van der Waals surface area contributed by atoms with Gasteiger partial charge in [-0.25, -0.2) is 9.97 Å². The van der Waals surface area contributed by atoms with Gasteiger partial charge in [0.2, 0.25) is 0 Å². The van der Waals surface area contributed by atoms with Crippen molar-refractivity contribution >= 4 is 32.9 Å². The van der Waals surface area contributed by atoms with Crippen molar-refractivity contribution in [2.24, 2.45) is 0 Å². The van der Waals surface area contributed by atoms with Crippen LogP contribution in [0.5, 0.6) is 0 Å². The van der Waals surface area contributed by atoms with Gasteiger partial charge in [-0.2, -0.15) is 0 Å². The van der Waals surface area contributed by atoms with Crippen molar-refractivity contribution in [1.29, 1.82) is 0 Å². The molecule has 5 nitrogen and oxygen atoms in total. The molecule has 1 saturated heterocycles. The minimum absolute atomic E-state index is 0.328. The molecule has 0 amide bonds. The number of hydrogen-bond donors (Lipinski definition) is 1. The van der Waals surface area contributed by atoms with Crippen LogP contribution in [-0.4, -0.2) is 27.6 Å². The summed E-state index contributed by atoms with van der Waals surface area (Å²) in [5.74, 6) is 1.65. The smallest absolute Gasteiger partial charge is 0.178 e. The number of imidazole rings is 1. The zero-order chi connectivity index (χ0) is 22.5. The molecule has 1 fully saturated rings. The number of furan rings is 1. The van der Waals surface area contributed by atoms with Gasteiger partial charge in [-0.3, -0.25) is 0 Å². The normalized spacial score (nSPS) is 14.9. The molecular formula is C29H24N4O. The molecule has 0 atom stereocenters. The lowest BCUT2D eigenvalue weighted by molar-refractivity contribution is 0.374. The molecule has 5 heteroatoms. The maximum atomic E-state index is 6.29. The average molecular weight is 445 g/mol. The summed E-state index contributed by atoms with van der Waals surface area (Å²) in [6, 6.07) is 27.7. The lowest BCUT2D eigenvalue weighted by Gasteiger charge is -2.25. The van der Waals surface area contributed by atoms with Crippen LogP contribution in [0.25, 0.3) is 55.6 Å². The van der Waals surface area contributed by atoms with Crippen molar-refractivity contribution in [2.45, 2.75) is 18.9 Å². The Hall–Kier alpha value is -3.96. The van der Waals surface area contributed by atoms with E-state index in [2.05, 4.69) is 70.5 Å². The summed E-state index contributed by atoms with van der Waals surface area (Å²) in [5.41, 5.74) is 4.97. The Bertz CT molecular complexity index is 1620. The number of hydrogen-bond acceptors (Lipinski definition) is 4. The molecule has 0 unspecified atom stereocenters. The molecule has 0 spiro atoms. The predicted octanol–water partition coefficient (Wildman–Crippen LogP) is 6.59. The van der Waals surface area contributed by atoms with Gasteiger partial charge in [-0.1, -0.05) is 54.6 Å². The van der Waals surface area contributed by atoms with Crippen molar-refractivity contribution < 1.29 is 4.42 Å². The quantitative estimate of drug-likeness (QED) is 0.335. The Labute approximate surface area is 197 Å². The summed E-state index contributed by atoms with van der Waals surface area (Å²) >= 11 is 0. The largest absolute Gasteiger partial charge is 0.453 e. The van der Waals surface area contributed by atoms with E-state index in [0.29, 0.717) is 6.04 Å². The molecule has 6 aromatic rings. The SMILES string of the molecule is c1ccc2cc(-c3ccnc4c3nc(-c3cc5ccccc5o3)n4C3CCNCC3)ccc2c1. The van der Waals surface area contributed by atoms with Crippen LogP contribution in [0.3, 0.4) is 0 Å². The van der Waals surface area contributed by atoms with Crippen LogP contribution in [-0.2, 0) is 0 Å². The maximum absolute atomic E-state index is 6.29. The maximum Gasteiger partial charge on any atom is 0.178 e. The number of rotatable bonds is 3. The summed E-state index contributed by atoms with van der Waals surface area (Å²) < 4.78 is 8.61. The molecule has 166 valence electrons. The molecule has 3 aromatic carbocycles. The van der Waals surface area contributed by atoms with Crippen LogP contribution < -0.4 is 5.32 Å². The Morgan fingerprint density at radius 2 is 1.62 bits per heavy atom. The molecule has 1 aliphatic rings. The molecule has 3 aromatic heterocycles. The van der Waals surface area contributed by atoms with Gasteiger partial charge in [-0.15, -0.1) is 0 Å². The highest BCUT2D eigenvalue weighted by molar-refractivity contribution is 5.96. The Balaban J connectivity index is 1.48. The highest BCUT2D eigenvalue weighted by Gasteiger charge is 2.26. The minimum Gasteiger partial charge on any atom is -0.453 e. The summed E-state index contributed by atoms with van der Waals surface area (Å²) in [7, 11) is 0. The predicted molar refractivity (Wildman–Crippen MR) is 137 cm³/mol. The van der Waals surface area contributed by atoms with Crippen molar-refractivity contribution in [3.8, 4) is 22.7 Å². The van der Waals surface area contributed by atoms with Crippen LogP contribution >= 0.6 is 0 Å². The molecule has 0 saturated carbocycles. The van der Waals surface area contributed by atoms with Crippen LogP contribution in [0.4, 0.5) is 0 Å². The van der Waals surface area contributed by atoms with E-state index in [1.165, 1.54) is 10.8 Å². The first-order valence-electron chi connectivity index (χ1n) is 11.9. The highest BCUT2D eigenvalue weighted by Crippen LogP contribution is 2.37. The lowest BCUT2D eigenvalue weighted by Crippen LogP contribution is -2.29. The second kappa shape index (κ2) is 7.82. The fourth-order valence-electron chi connectivity index (χ4n) is 5.26. The van der Waals surface area contributed by atoms with E-state index in [1.807, 2.05) is 24.4 Å². The minimum atomic E-state index is 0.328. The highest BCUT2D eigenvalue weighted by atomic mass is 16.3. The van der Waals surface area contributed by atoms with Crippen LogP contribution in [0.1, 0.15) is 18.9 Å². The number of aromatic nitrogens is 3. The summed E-state index contributed by atoms with van der Waals surface area (Å²) in [4.78, 5) is 10.0. The standard InChI is InChI=1S/C29H24N4O/c1-2-6-20-17-21(10-9-19(20)5-1)24-13-16-31-29-27(24)32-28(33(29)23-11-14-30-15-12-23)26-18-22-7-3-4-8-25(22)34-26/h1-10,13,16-18,23,30H,11-12,14-15H2. The zero-order valence-corrected chi connectivity index (χ0v) is 18.7. The Kier molecular flexibility index (Phi) is 4.49. The monoisotopic (exact) mass is 444 g/mol.